The molecule has 2 fully saturated rings. The first-order valence-corrected chi connectivity index (χ1v) is 7.92. The van der Waals surface area contributed by atoms with Crippen LogP contribution in [0.1, 0.15) is 38.3 Å². The van der Waals surface area contributed by atoms with Gasteiger partial charge in [0, 0.05) is 22.9 Å². The van der Waals surface area contributed by atoms with Crippen LogP contribution in [0.25, 0.3) is 10.8 Å². The van der Waals surface area contributed by atoms with Crippen molar-refractivity contribution < 1.29 is 0 Å². The zero-order valence-electron chi connectivity index (χ0n) is 12.7. The molecule has 21 heavy (non-hydrogen) atoms. The molecule has 2 unspecified atom stereocenters. The summed E-state index contributed by atoms with van der Waals surface area (Å²) in [6, 6.07) is 9.76. The largest absolute Gasteiger partial charge is 0.348 e. The van der Waals surface area contributed by atoms with Gasteiger partial charge in [-0.2, -0.15) is 5.10 Å². The fraction of sp³-hybridized carbons (Fsp3) is 0.444. The van der Waals surface area contributed by atoms with Crippen molar-refractivity contribution in [1.29, 1.82) is 0 Å². The predicted molar refractivity (Wildman–Crippen MR) is 86.6 cm³/mol. The Hall–Kier alpha value is -1.90. The topological polar surface area (TPSA) is 29.0 Å². The maximum absolute atomic E-state index is 4.58. The van der Waals surface area contributed by atoms with Gasteiger partial charge in [0.25, 0.3) is 0 Å². The number of fused-ring (bicyclic) bond motifs is 3. The molecule has 3 heteroatoms. The number of aromatic nitrogens is 2. The molecule has 2 bridgehead atoms. The number of piperidine rings is 1. The molecule has 1 aromatic heterocycles. The second kappa shape index (κ2) is 4.83. The molecule has 2 aliphatic heterocycles. The zero-order chi connectivity index (χ0) is 14.4. The Bertz CT molecular complexity index is 703. The van der Waals surface area contributed by atoms with Crippen LogP contribution in [0.2, 0.25) is 0 Å². The molecule has 0 N–H and O–H groups in total. The number of aryl methyl sites for hydroxylation is 1. The second-order valence-corrected chi connectivity index (χ2v) is 6.30. The fourth-order valence-electron chi connectivity index (χ4n) is 4.05. The van der Waals surface area contributed by atoms with Crippen LogP contribution in [0.15, 0.2) is 35.9 Å². The molecule has 4 rings (SSSR count). The van der Waals surface area contributed by atoms with Gasteiger partial charge in [0.2, 0.25) is 0 Å². The molecule has 2 aliphatic rings. The van der Waals surface area contributed by atoms with Gasteiger partial charge in [0.05, 0.1) is 5.69 Å². The summed E-state index contributed by atoms with van der Waals surface area (Å²) < 4.78 is 0. The van der Waals surface area contributed by atoms with Crippen molar-refractivity contribution in [3.05, 3.63) is 41.6 Å². The molecule has 0 radical (unpaired) electrons. The molecule has 2 aromatic rings. The molecular weight excluding hydrogens is 258 g/mol. The Morgan fingerprint density at radius 3 is 2.38 bits per heavy atom. The smallest absolute Gasteiger partial charge is 0.159 e. The first-order chi connectivity index (χ1) is 10.3. The summed E-state index contributed by atoms with van der Waals surface area (Å²) in [5.74, 6) is 1.10. The molecule has 0 aliphatic carbocycles. The van der Waals surface area contributed by atoms with Gasteiger partial charge in [-0.25, -0.2) is 0 Å². The summed E-state index contributed by atoms with van der Waals surface area (Å²) in [6.07, 6.45) is 7.26. The third kappa shape index (κ3) is 1.95. The van der Waals surface area contributed by atoms with Gasteiger partial charge in [-0.15, -0.1) is 5.10 Å². The number of anilines is 1. The van der Waals surface area contributed by atoms with Crippen LogP contribution in [0.5, 0.6) is 0 Å². The molecule has 0 spiro atoms. The zero-order valence-corrected chi connectivity index (χ0v) is 12.7. The highest BCUT2D eigenvalue weighted by Gasteiger charge is 2.39. The molecule has 1 aromatic carbocycles. The average Bonchev–Trinajstić information content (AvgIpc) is 2.78. The summed E-state index contributed by atoms with van der Waals surface area (Å²) in [6.45, 7) is 4.22. The van der Waals surface area contributed by atoms with Gasteiger partial charge in [-0.05, 0) is 39.5 Å². The molecule has 2 saturated heterocycles. The summed E-state index contributed by atoms with van der Waals surface area (Å²) in [7, 11) is 0. The van der Waals surface area contributed by atoms with E-state index < -0.39 is 0 Å². The first-order valence-electron chi connectivity index (χ1n) is 7.92. The number of allylic oxidation sites excluding steroid dienone is 1. The van der Waals surface area contributed by atoms with Gasteiger partial charge < -0.3 is 4.90 Å². The Morgan fingerprint density at radius 1 is 1.05 bits per heavy atom. The second-order valence-electron chi connectivity index (χ2n) is 6.30. The lowest BCUT2D eigenvalue weighted by atomic mass is 9.96. The van der Waals surface area contributed by atoms with Crippen molar-refractivity contribution in [1.82, 2.24) is 10.2 Å². The fourth-order valence-corrected chi connectivity index (χ4v) is 4.05. The minimum absolute atomic E-state index is 0.607. The lowest BCUT2D eigenvalue weighted by Gasteiger charge is -2.37. The number of hydrogen-bond donors (Lipinski definition) is 0. The van der Waals surface area contributed by atoms with Crippen molar-refractivity contribution >= 4 is 16.6 Å². The average molecular weight is 279 g/mol. The van der Waals surface area contributed by atoms with E-state index in [9.17, 15) is 0 Å². The molecule has 3 heterocycles. The third-order valence-corrected chi connectivity index (χ3v) is 5.12. The van der Waals surface area contributed by atoms with Gasteiger partial charge in [-0.3, -0.25) is 0 Å². The molecular formula is C18H21N3. The van der Waals surface area contributed by atoms with E-state index in [2.05, 4.69) is 52.4 Å². The highest BCUT2D eigenvalue weighted by atomic mass is 15.3. The van der Waals surface area contributed by atoms with Crippen LogP contribution in [0.4, 0.5) is 5.82 Å². The Morgan fingerprint density at radius 2 is 1.71 bits per heavy atom. The van der Waals surface area contributed by atoms with E-state index in [0.29, 0.717) is 12.1 Å². The highest BCUT2D eigenvalue weighted by molar-refractivity contribution is 5.93. The van der Waals surface area contributed by atoms with E-state index in [1.807, 2.05) is 6.92 Å². The summed E-state index contributed by atoms with van der Waals surface area (Å²) in [4.78, 5) is 2.56. The van der Waals surface area contributed by atoms with Crippen molar-refractivity contribution in [3.8, 4) is 0 Å². The monoisotopic (exact) mass is 279 g/mol. The van der Waals surface area contributed by atoms with E-state index in [0.717, 1.165) is 11.5 Å². The van der Waals surface area contributed by atoms with E-state index in [4.69, 9.17) is 0 Å². The van der Waals surface area contributed by atoms with Crippen LogP contribution in [0.3, 0.4) is 0 Å². The predicted octanol–water partition coefficient (Wildman–Crippen LogP) is 4.02. The Kier molecular flexibility index (Phi) is 2.95. The minimum atomic E-state index is 0.607. The summed E-state index contributed by atoms with van der Waals surface area (Å²) >= 11 is 0. The standard InChI is InChI=1S/C18H21N3/c1-3-13-10-14-8-9-15(11-13)21(14)18-17-7-5-4-6-16(17)12(2)19-20-18/h3-7,14-15H,8-11H2,1-2H3. The Balaban J connectivity index is 1.83. The highest BCUT2D eigenvalue weighted by Crippen LogP contribution is 2.42. The van der Waals surface area contributed by atoms with E-state index in [1.54, 1.807) is 5.57 Å². The van der Waals surface area contributed by atoms with Crippen LogP contribution in [0, 0.1) is 6.92 Å². The molecule has 3 nitrogen and oxygen atoms in total. The normalized spacial score (nSPS) is 24.7. The lowest BCUT2D eigenvalue weighted by molar-refractivity contribution is 0.543. The van der Waals surface area contributed by atoms with Gasteiger partial charge >= 0.3 is 0 Å². The van der Waals surface area contributed by atoms with Gasteiger partial charge in [-0.1, -0.05) is 35.9 Å². The number of benzene rings is 1. The first kappa shape index (κ1) is 12.8. The third-order valence-electron chi connectivity index (χ3n) is 5.12. The maximum atomic E-state index is 4.58. The van der Waals surface area contributed by atoms with Crippen LogP contribution in [-0.2, 0) is 0 Å². The maximum Gasteiger partial charge on any atom is 0.159 e. The van der Waals surface area contributed by atoms with Gasteiger partial charge in [0.15, 0.2) is 5.82 Å². The van der Waals surface area contributed by atoms with Crippen molar-refractivity contribution in [2.24, 2.45) is 0 Å². The SMILES string of the molecule is CC=C1CC2CCC(C1)N2c1nnc(C)c2ccccc12. The Labute approximate surface area is 125 Å². The van der Waals surface area contributed by atoms with Crippen LogP contribution >= 0.6 is 0 Å². The number of hydrogen-bond acceptors (Lipinski definition) is 3. The van der Waals surface area contributed by atoms with Gasteiger partial charge in [0.1, 0.15) is 0 Å². The van der Waals surface area contributed by atoms with E-state index in [1.165, 1.54) is 36.5 Å². The molecule has 108 valence electrons. The van der Waals surface area contributed by atoms with Crippen LogP contribution < -0.4 is 4.90 Å². The summed E-state index contributed by atoms with van der Waals surface area (Å²) in [5, 5.41) is 11.5. The quantitative estimate of drug-likeness (QED) is 0.738. The van der Waals surface area contributed by atoms with Crippen molar-refractivity contribution in [2.75, 3.05) is 4.90 Å². The van der Waals surface area contributed by atoms with E-state index in [-0.39, 0.29) is 0 Å². The lowest BCUT2D eigenvalue weighted by Crippen LogP contribution is -2.41. The minimum Gasteiger partial charge on any atom is -0.348 e. The number of nitrogens with zero attached hydrogens (tertiary/aromatic N) is 3. The van der Waals surface area contributed by atoms with Crippen molar-refractivity contribution in [2.45, 2.75) is 51.6 Å². The van der Waals surface area contributed by atoms with Crippen molar-refractivity contribution in [3.63, 3.8) is 0 Å². The van der Waals surface area contributed by atoms with Crippen LogP contribution in [-0.4, -0.2) is 22.3 Å². The molecule has 2 atom stereocenters. The molecule has 0 saturated carbocycles. The molecule has 0 amide bonds. The summed E-state index contributed by atoms with van der Waals surface area (Å²) in [5.41, 5.74) is 2.64. The number of rotatable bonds is 1. The van der Waals surface area contributed by atoms with E-state index >= 15 is 0 Å².